The standard InChI is InChI=1S/C10H13NO3/c1-3-8-4-5-9(11-6-8)14-7-10(12)13-2/h4-6H,3,7H2,1-2H3. The van der Waals surface area contributed by atoms with Gasteiger partial charge in [-0.15, -0.1) is 0 Å². The number of aryl methyl sites for hydroxylation is 1. The third-order valence-electron chi connectivity index (χ3n) is 1.77. The first-order chi connectivity index (χ1) is 6.76. The summed E-state index contributed by atoms with van der Waals surface area (Å²) < 4.78 is 9.50. The molecule has 0 fully saturated rings. The van der Waals surface area contributed by atoms with Crippen molar-refractivity contribution >= 4 is 5.97 Å². The lowest BCUT2D eigenvalue weighted by Crippen LogP contribution is -2.13. The molecule has 4 nitrogen and oxygen atoms in total. The summed E-state index contributed by atoms with van der Waals surface area (Å²) in [5.41, 5.74) is 1.13. The Balaban J connectivity index is 2.47. The Morgan fingerprint density at radius 2 is 2.29 bits per heavy atom. The Labute approximate surface area is 82.9 Å². The molecule has 0 aliphatic heterocycles. The highest BCUT2D eigenvalue weighted by atomic mass is 16.6. The van der Waals surface area contributed by atoms with Crippen LogP contribution in [0.2, 0.25) is 0 Å². The van der Waals surface area contributed by atoms with Gasteiger partial charge < -0.3 is 9.47 Å². The Bertz CT molecular complexity index is 295. The number of ether oxygens (including phenoxy) is 2. The quantitative estimate of drug-likeness (QED) is 0.677. The van der Waals surface area contributed by atoms with Crippen LogP contribution in [0, 0.1) is 0 Å². The molecule has 76 valence electrons. The third-order valence-corrected chi connectivity index (χ3v) is 1.77. The second-order valence-corrected chi connectivity index (χ2v) is 2.72. The monoisotopic (exact) mass is 195 g/mol. The van der Waals surface area contributed by atoms with Crippen LogP contribution >= 0.6 is 0 Å². The van der Waals surface area contributed by atoms with Crippen molar-refractivity contribution < 1.29 is 14.3 Å². The number of esters is 1. The van der Waals surface area contributed by atoms with Gasteiger partial charge in [0.05, 0.1) is 7.11 Å². The maximum Gasteiger partial charge on any atom is 0.343 e. The van der Waals surface area contributed by atoms with Gasteiger partial charge in [-0.05, 0) is 12.0 Å². The third kappa shape index (κ3) is 3.05. The highest BCUT2D eigenvalue weighted by Crippen LogP contribution is 2.07. The van der Waals surface area contributed by atoms with Crippen molar-refractivity contribution in [3.8, 4) is 5.88 Å². The first kappa shape index (κ1) is 10.5. The molecule has 0 saturated heterocycles. The predicted octanol–water partition coefficient (Wildman–Crippen LogP) is 1.20. The molecule has 0 atom stereocenters. The molecule has 0 bridgehead atoms. The number of hydrogen-bond donors (Lipinski definition) is 0. The van der Waals surface area contributed by atoms with Crippen molar-refractivity contribution in [3.63, 3.8) is 0 Å². The van der Waals surface area contributed by atoms with Crippen LogP contribution in [0.3, 0.4) is 0 Å². The second kappa shape index (κ2) is 5.21. The van der Waals surface area contributed by atoms with E-state index >= 15 is 0 Å². The molecule has 0 aromatic carbocycles. The minimum absolute atomic E-state index is 0.102. The molecule has 0 unspecified atom stereocenters. The van der Waals surface area contributed by atoms with E-state index in [1.807, 2.05) is 13.0 Å². The van der Waals surface area contributed by atoms with Crippen LogP contribution in [0.25, 0.3) is 0 Å². The largest absolute Gasteiger partial charge is 0.466 e. The number of nitrogens with zero attached hydrogens (tertiary/aromatic N) is 1. The Morgan fingerprint density at radius 3 is 2.79 bits per heavy atom. The summed E-state index contributed by atoms with van der Waals surface area (Å²) in [6.07, 6.45) is 2.66. The van der Waals surface area contributed by atoms with Gasteiger partial charge in [-0.25, -0.2) is 9.78 Å². The average molecular weight is 195 g/mol. The summed E-state index contributed by atoms with van der Waals surface area (Å²) in [5.74, 6) is 0.0268. The van der Waals surface area contributed by atoms with Gasteiger partial charge in [-0.1, -0.05) is 13.0 Å². The van der Waals surface area contributed by atoms with Crippen LogP contribution in [0.1, 0.15) is 12.5 Å². The van der Waals surface area contributed by atoms with Gasteiger partial charge >= 0.3 is 5.97 Å². The summed E-state index contributed by atoms with van der Waals surface area (Å²) >= 11 is 0. The van der Waals surface area contributed by atoms with E-state index in [0.717, 1.165) is 12.0 Å². The minimum Gasteiger partial charge on any atom is -0.466 e. The van der Waals surface area contributed by atoms with Crippen molar-refractivity contribution in [3.05, 3.63) is 23.9 Å². The highest BCUT2D eigenvalue weighted by molar-refractivity contribution is 5.70. The van der Waals surface area contributed by atoms with Gasteiger partial charge in [0, 0.05) is 12.3 Å². The fourth-order valence-corrected chi connectivity index (χ4v) is 0.897. The van der Waals surface area contributed by atoms with Crippen LogP contribution in [0.5, 0.6) is 5.88 Å². The lowest BCUT2D eigenvalue weighted by atomic mass is 10.2. The topological polar surface area (TPSA) is 48.4 Å². The number of methoxy groups -OCH3 is 1. The van der Waals surface area contributed by atoms with Crippen LogP contribution in [0.15, 0.2) is 18.3 Å². The average Bonchev–Trinajstić information content (AvgIpc) is 2.26. The van der Waals surface area contributed by atoms with E-state index < -0.39 is 5.97 Å². The zero-order valence-corrected chi connectivity index (χ0v) is 8.32. The zero-order valence-electron chi connectivity index (χ0n) is 8.32. The molecule has 14 heavy (non-hydrogen) atoms. The number of hydrogen-bond acceptors (Lipinski definition) is 4. The van der Waals surface area contributed by atoms with E-state index in [0.29, 0.717) is 5.88 Å². The molecule has 0 radical (unpaired) electrons. The van der Waals surface area contributed by atoms with Crippen molar-refractivity contribution in [2.45, 2.75) is 13.3 Å². The Hall–Kier alpha value is -1.58. The number of pyridine rings is 1. The van der Waals surface area contributed by atoms with Gasteiger partial charge in [0.15, 0.2) is 6.61 Å². The van der Waals surface area contributed by atoms with Gasteiger partial charge in [0.1, 0.15) is 0 Å². The molecule has 1 aromatic heterocycles. The Morgan fingerprint density at radius 1 is 1.50 bits per heavy atom. The van der Waals surface area contributed by atoms with E-state index in [-0.39, 0.29) is 6.61 Å². The molecular weight excluding hydrogens is 182 g/mol. The molecule has 0 amide bonds. The molecular formula is C10H13NO3. The summed E-state index contributed by atoms with van der Waals surface area (Å²) in [5, 5.41) is 0. The van der Waals surface area contributed by atoms with Crippen molar-refractivity contribution in [1.29, 1.82) is 0 Å². The normalized spacial score (nSPS) is 9.57. The summed E-state index contributed by atoms with van der Waals surface area (Å²) in [4.78, 5) is 14.8. The number of aromatic nitrogens is 1. The van der Waals surface area contributed by atoms with Crippen LogP contribution in [-0.4, -0.2) is 24.7 Å². The SMILES string of the molecule is CCc1ccc(OCC(=O)OC)nc1. The molecule has 0 saturated carbocycles. The molecule has 1 aromatic rings. The fourth-order valence-electron chi connectivity index (χ4n) is 0.897. The molecule has 0 N–H and O–H groups in total. The molecule has 1 rings (SSSR count). The number of carbonyl (C=O) groups excluding carboxylic acids is 1. The summed E-state index contributed by atoms with van der Waals surface area (Å²) in [6.45, 7) is 1.95. The van der Waals surface area contributed by atoms with Crippen LogP contribution in [0.4, 0.5) is 0 Å². The van der Waals surface area contributed by atoms with E-state index in [1.54, 1.807) is 12.3 Å². The highest BCUT2D eigenvalue weighted by Gasteiger charge is 2.01. The van der Waals surface area contributed by atoms with Crippen LogP contribution < -0.4 is 4.74 Å². The molecule has 4 heteroatoms. The van der Waals surface area contributed by atoms with Crippen molar-refractivity contribution in [2.24, 2.45) is 0 Å². The lowest BCUT2D eigenvalue weighted by molar-refractivity contribution is -0.143. The predicted molar refractivity (Wildman–Crippen MR) is 51.1 cm³/mol. The molecule has 0 aliphatic carbocycles. The first-order valence-electron chi connectivity index (χ1n) is 4.40. The van der Waals surface area contributed by atoms with E-state index in [9.17, 15) is 4.79 Å². The summed E-state index contributed by atoms with van der Waals surface area (Å²) in [6, 6.07) is 3.65. The lowest BCUT2D eigenvalue weighted by Gasteiger charge is -2.03. The second-order valence-electron chi connectivity index (χ2n) is 2.72. The first-order valence-corrected chi connectivity index (χ1v) is 4.40. The van der Waals surface area contributed by atoms with E-state index in [4.69, 9.17) is 4.74 Å². The summed E-state index contributed by atoms with van der Waals surface area (Å²) in [7, 11) is 1.32. The number of carbonyl (C=O) groups is 1. The van der Waals surface area contributed by atoms with Crippen molar-refractivity contribution in [1.82, 2.24) is 4.98 Å². The van der Waals surface area contributed by atoms with E-state index in [2.05, 4.69) is 9.72 Å². The maximum atomic E-state index is 10.7. The minimum atomic E-state index is -0.411. The van der Waals surface area contributed by atoms with Gasteiger partial charge in [-0.3, -0.25) is 0 Å². The zero-order chi connectivity index (χ0) is 10.4. The van der Waals surface area contributed by atoms with Crippen LogP contribution in [-0.2, 0) is 16.0 Å². The van der Waals surface area contributed by atoms with Gasteiger partial charge in [-0.2, -0.15) is 0 Å². The molecule has 1 heterocycles. The molecule has 0 spiro atoms. The smallest absolute Gasteiger partial charge is 0.343 e. The van der Waals surface area contributed by atoms with E-state index in [1.165, 1.54) is 7.11 Å². The maximum absolute atomic E-state index is 10.7. The van der Waals surface area contributed by atoms with Crippen molar-refractivity contribution in [2.75, 3.05) is 13.7 Å². The van der Waals surface area contributed by atoms with Gasteiger partial charge in [0.2, 0.25) is 5.88 Å². The number of rotatable bonds is 4. The fraction of sp³-hybridized carbons (Fsp3) is 0.400. The Kier molecular flexibility index (Phi) is 3.91. The molecule has 0 aliphatic rings. The van der Waals surface area contributed by atoms with Gasteiger partial charge in [0.25, 0.3) is 0 Å².